The summed E-state index contributed by atoms with van der Waals surface area (Å²) in [5.74, 6) is -0.169. The van der Waals surface area contributed by atoms with Crippen LogP contribution >= 0.6 is 11.8 Å². The lowest BCUT2D eigenvalue weighted by atomic mass is 10.2. The normalized spacial score (nSPS) is 10.3. The van der Waals surface area contributed by atoms with Gasteiger partial charge in [-0.1, -0.05) is 29.8 Å². The fraction of sp³-hybridized carbons (Fsp3) is 0.143. The van der Waals surface area contributed by atoms with Gasteiger partial charge in [-0.05, 0) is 18.6 Å². The number of rotatable bonds is 4. The van der Waals surface area contributed by atoms with Gasteiger partial charge >= 0.3 is 5.97 Å². The molecule has 1 aromatic carbocycles. The number of carboxylic acids is 1. The van der Waals surface area contributed by atoms with Crippen LogP contribution in [0, 0.1) is 6.92 Å². The number of thioether (sulfide) groups is 1. The first-order valence-corrected chi connectivity index (χ1v) is 6.51. The number of hydrogen-bond donors (Lipinski definition) is 1. The van der Waals surface area contributed by atoms with Crippen LogP contribution < -0.4 is 0 Å². The quantitative estimate of drug-likeness (QED) is 0.855. The molecule has 1 aromatic heterocycles. The molecule has 0 aliphatic carbocycles. The Labute approximate surface area is 110 Å². The van der Waals surface area contributed by atoms with Crippen LogP contribution in [0.15, 0.2) is 47.6 Å². The zero-order valence-corrected chi connectivity index (χ0v) is 10.8. The largest absolute Gasteiger partial charge is 0.478 e. The van der Waals surface area contributed by atoms with Crippen LogP contribution in [0.1, 0.15) is 21.5 Å². The van der Waals surface area contributed by atoms with E-state index in [-0.39, 0.29) is 0 Å². The van der Waals surface area contributed by atoms with E-state index in [1.807, 2.05) is 25.1 Å². The van der Waals surface area contributed by atoms with Crippen LogP contribution in [0.4, 0.5) is 0 Å². The third-order valence-electron chi connectivity index (χ3n) is 2.49. The number of aromatic nitrogens is 1. The van der Waals surface area contributed by atoms with Gasteiger partial charge in [-0.15, -0.1) is 11.8 Å². The average molecular weight is 259 g/mol. The Balaban J connectivity index is 2.13. The van der Waals surface area contributed by atoms with Gasteiger partial charge in [0.05, 0.1) is 5.56 Å². The van der Waals surface area contributed by atoms with Gasteiger partial charge < -0.3 is 5.11 Å². The molecule has 0 amide bonds. The number of aryl methyl sites for hydroxylation is 1. The standard InChI is InChI=1S/C14H13NO2S/c1-10-3-2-4-11(7-10)9-18-13-8-15-6-5-12(13)14(16)17/h2-8H,9H2,1H3,(H,16,17). The van der Waals surface area contributed by atoms with E-state index in [0.29, 0.717) is 10.5 Å². The van der Waals surface area contributed by atoms with Crippen LogP contribution in [-0.4, -0.2) is 16.1 Å². The molecule has 0 aliphatic rings. The van der Waals surface area contributed by atoms with Crippen molar-refractivity contribution in [1.82, 2.24) is 4.98 Å². The number of benzene rings is 1. The van der Waals surface area contributed by atoms with Crippen molar-refractivity contribution < 1.29 is 9.90 Å². The lowest BCUT2D eigenvalue weighted by Gasteiger charge is -2.05. The maximum Gasteiger partial charge on any atom is 0.336 e. The smallest absolute Gasteiger partial charge is 0.336 e. The number of carboxylic acid groups (broad SMARTS) is 1. The SMILES string of the molecule is Cc1cccc(CSc2cnccc2C(=O)O)c1. The van der Waals surface area contributed by atoms with E-state index in [4.69, 9.17) is 5.11 Å². The van der Waals surface area contributed by atoms with Crippen LogP contribution in [0.3, 0.4) is 0 Å². The van der Waals surface area contributed by atoms with Gasteiger partial charge in [0.1, 0.15) is 0 Å². The van der Waals surface area contributed by atoms with Crippen molar-refractivity contribution in [3.8, 4) is 0 Å². The Morgan fingerprint density at radius 3 is 2.94 bits per heavy atom. The maximum absolute atomic E-state index is 11.0. The molecule has 3 nitrogen and oxygen atoms in total. The van der Waals surface area contributed by atoms with E-state index in [1.165, 1.54) is 35.2 Å². The van der Waals surface area contributed by atoms with Crippen molar-refractivity contribution in [1.29, 1.82) is 0 Å². The summed E-state index contributed by atoms with van der Waals surface area (Å²) in [6.07, 6.45) is 3.10. The van der Waals surface area contributed by atoms with Crippen molar-refractivity contribution in [2.75, 3.05) is 0 Å². The van der Waals surface area contributed by atoms with E-state index >= 15 is 0 Å². The number of aromatic carboxylic acids is 1. The third kappa shape index (κ3) is 3.11. The Kier molecular flexibility index (Phi) is 3.99. The van der Waals surface area contributed by atoms with E-state index in [0.717, 1.165) is 5.75 Å². The molecule has 0 aliphatic heterocycles. The third-order valence-corrected chi connectivity index (χ3v) is 3.61. The number of nitrogens with zero attached hydrogens (tertiary/aromatic N) is 1. The van der Waals surface area contributed by atoms with Gasteiger partial charge in [-0.2, -0.15) is 0 Å². The highest BCUT2D eigenvalue weighted by Crippen LogP contribution is 2.25. The zero-order valence-electron chi connectivity index (χ0n) is 9.96. The average Bonchev–Trinajstić information content (AvgIpc) is 2.37. The van der Waals surface area contributed by atoms with Gasteiger partial charge in [0, 0.05) is 23.0 Å². The molecule has 0 unspecified atom stereocenters. The lowest BCUT2D eigenvalue weighted by molar-refractivity contribution is 0.0693. The summed E-state index contributed by atoms with van der Waals surface area (Å²) in [6, 6.07) is 9.72. The molecule has 0 fully saturated rings. The minimum Gasteiger partial charge on any atom is -0.478 e. The van der Waals surface area contributed by atoms with E-state index in [9.17, 15) is 4.79 Å². The highest BCUT2D eigenvalue weighted by atomic mass is 32.2. The highest BCUT2D eigenvalue weighted by Gasteiger charge is 2.09. The highest BCUT2D eigenvalue weighted by molar-refractivity contribution is 7.98. The van der Waals surface area contributed by atoms with E-state index < -0.39 is 5.97 Å². The van der Waals surface area contributed by atoms with Crippen LogP contribution in [-0.2, 0) is 5.75 Å². The van der Waals surface area contributed by atoms with Crippen LogP contribution in [0.2, 0.25) is 0 Å². The number of carbonyl (C=O) groups is 1. The first-order chi connectivity index (χ1) is 8.66. The van der Waals surface area contributed by atoms with Crippen molar-refractivity contribution >= 4 is 17.7 Å². The molecule has 0 bridgehead atoms. The van der Waals surface area contributed by atoms with Crippen molar-refractivity contribution in [2.45, 2.75) is 17.6 Å². The summed E-state index contributed by atoms with van der Waals surface area (Å²) in [7, 11) is 0. The molecule has 1 N–H and O–H groups in total. The molecule has 1 heterocycles. The minimum atomic E-state index is -0.913. The van der Waals surface area contributed by atoms with E-state index in [1.54, 1.807) is 6.20 Å². The summed E-state index contributed by atoms with van der Waals surface area (Å²) >= 11 is 1.49. The molecule has 0 spiro atoms. The maximum atomic E-state index is 11.0. The van der Waals surface area contributed by atoms with Crippen LogP contribution in [0.5, 0.6) is 0 Å². The van der Waals surface area contributed by atoms with Gasteiger partial charge in [0.2, 0.25) is 0 Å². The Hall–Kier alpha value is -1.81. The Morgan fingerprint density at radius 1 is 1.39 bits per heavy atom. The van der Waals surface area contributed by atoms with Crippen molar-refractivity contribution in [3.63, 3.8) is 0 Å². The minimum absolute atomic E-state index is 0.308. The molecule has 2 rings (SSSR count). The number of hydrogen-bond acceptors (Lipinski definition) is 3. The molecule has 18 heavy (non-hydrogen) atoms. The molecule has 0 atom stereocenters. The zero-order chi connectivity index (χ0) is 13.0. The predicted molar refractivity (Wildman–Crippen MR) is 71.9 cm³/mol. The molecular formula is C14H13NO2S. The molecular weight excluding hydrogens is 246 g/mol. The second-order valence-corrected chi connectivity index (χ2v) is 4.97. The summed E-state index contributed by atoms with van der Waals surface area (Å²) in [5, 5.41) is 9.07. The summed E-state index contributed by atoms with van der Waals surface area (Å²) in [6.45, 7) is 2.04. The monoisotopic (exact) mass is 259 g/mol. The number of pyridine rings is 1. The molecule has 0 saturated heterocycles. The summed E-state index contributed by atoms with van der Waals surface area (Å²) < 4.78 is 0. The topological polar surface area (TPSA) is 50.2 Å². The second kappa shape index (κ2) is 5.69. The predicted octanol–water partition coefficient (Wildman–Crippen LogP) is 3.38. The Morgan fingerprint density at radius 2 is 2.22 bits per heavy atom. The first kappa shape index (κ1) is 12.6. The van der Waals surface area contributed by atoms with Gasteiger partial charge in [0.15, 0.2) is 0 Å². The fourth-order valence-electron chi connectivity index (χ4n) is 1.63. The second-order valence-electron chi connectivity index (χ2n) is 3.95. The van der Waals surface area contributed by atoms with Crippen molar-refractivity contribution in [3.05, 3.63) is 59.4 Å². The molecule has 0 saturated carbocycles. The van der Waals surface area contributed by atoms with Crippen LogP contribution in [0.25, 0.3) is 0 Å². The van der Waals surface area contributed by atoms with Crippen molar-refractivity contribution in [2.24, 2.45) is 0 Å². The Bertz CT molecular complexity index is 569. The first-order valence-electron chi connectivity index (χ1n) is 5.52. The lowest BCUT2D eigenvalue weighted by Crippen LogP contribution is -1.99. The summed E-state index contributed by atoms with van der Waals surface area (Å²) in [5.41, 5.74) is 2.69. The molecule has 2 aromatic rings. The van der Waals surface area contributed by atoms with Gasteiger partial charge in [0.25, 0.3) is 0 Å². The molecule has 92 valence electrons. The van der Waals surface area contributed by atoms with E-state index in [2.05, 4.69) is 11.1 Å². The van der Waals surface area contributed by atoms with Gasteiger partial charge in [-0.25, -0.2) is 4.79 Å². The fourth-order valence-corrected chi connectivity index (χ4v) is 2.58. The molecule has 4 heteroatoms. The van der Waals surface area contributed by atoms with Gasteiger partial charge in [-0.3, -0.25) is 4.98 Å². The molecule has 0 radical (unpaired) electrons. The summed E-state index contributed by atoms with van der Waals surface area (Å²) in [4.78, 5) is 15.7.